The number of benzene rings is 1. The predicted molar refractivity (Wildman–Crippen MR) is 70.0 cm³/mol. The molecule has 1 rings (SSSR count). The van der Waals surface area contributed by atoms with Gasteiger partial charge in [0, 0.05) is 24.6 Å². The van der Waals surface area contributed by atoms with Crippen LogP contribution in [0.15, 0.2) is 24.3 Å². The second-order valence-corrected chi connectivity index (χ2v) is 3.93. The molecular formula is C14H13F3O5. The Balaban J connectivity index is 0.000000472. The molecule has 0 aliphatic rings. The van der Waals surface area contributed by atoms with E-state index in [1.165, 1.54) is 0 Å². The lowest BCUT2D eigenvalue weighted by atomic mass is 10.1. The fourth-order valence-corrected chi connectivity index (χ4v) is 1.24. The number of halogens is 3. The van der Waals surface area contributed by atoms with Gasteiger partial charge in [-0.1, -0.05) is 6.92 Å². The monoisotopic (exact) mass is 318 g/mol. The number of carbonyl (C=O) groups excluding carboxylic acids is 1. The Kier molecular flexibility index (Phi) is 8.21. The van der Waals surface area contributed by atoms with Gasteiger partial charge < -0.3 is 10.2 Å². The van der Waals surface area contributed by atoms with E-state index in [-0.39, 0.29) is 12.0 Å². The van der Waals surface area contributed by atoms with Crippen molar-refractivity contribution in [1.82, 2.24) is 0 Å². The van der Waals surface area contributed by atoms with Crippen molar-refractivity contribution >= 4 is 17.7 Å². The standard InChI is InChI=1S/C10H9F3O.C4H4O4/c1-2-3-10(14)6-4-8(12)9(13)5-7(6)11;5-3(6)1-2-4(7)8/h4-5H,2-3H2,1H3;1-2H,(H,5,6)(H,7,8)/b;2-1+. The van der Waals surface area contributed by atoms with Crippen molar-refractivity contribution in [3.8, 4) is 0 Å². The highest BCUT2D eigenvalue weighted by atomic mass is 19.2. The first-order valence-corrected chi connectivity index (χ1v) is 6.00. The summed E-state index contributed by atoms with van der Waals surface area (Å²) in [5, 5.41) is 15.6. The molecule has 0 aromatic heterocycles. The normalized spacial score (nSPS) is 10.0. The quantitative estimate of drug-likeness (QED) is 0.495. The summed E-state index contributed by atoms with van der Waals surface area (Å²) in [6.07, 6.45) is 1.78. The summed E-state index contributed by atoms with van der Waals surface area (Å²) in [6, 6.07) is 0.987. The summed E-state index contributed by atoms with van der Waals surface area (Å²) in [6.45, 7) is 1.75. The molecule has 0 amide bonds. The fraction of sp³-hybridized carbons (Fsp3) is 0.214. The summed E-state index contributed by atoms with van der Waals surface area (Å²) >= 11 is 0. The van der Waals surface area contributed by atoms with E-state index < -0.39 is 35.2 Å². The number of ketones is 1. The van der Waals surface area contributed by atoms with Gasteiger partial charge in [-0.25, -0.2) is 22.8 Å². The van der Waals surface area contributed by atoms with Crippen molar-refractivity contribution in [2.45, 2.75) is 19.8 Å². The lowest BCUT2D eigenvalue weighted by Crippen LogP contribution is -2.04. The molecule has 2 N–H and O–H groups in total. The van der Waals surface area contributed by atoms with Crippen LogP contribution in [0.5, 0.6) is 0 Å². The van der Waals surface area contributed by atoms with Gasteiger partial charge in [0.25, 0.3) is 0 Å². The lowest BCUT2D eigenvalue weighted by molar-refractivity contribution is -0.134. The van der Waals surface area contributed by atoms with Gasteiger partial charge in [0.15, 0.2) is 17.4 Å². The predicted octanol–water partition coefficient (Wildman–Crippen LogP) is 2.80. The van der Waals surface area contributed by atoms with E-state index >= 15 is 0 Å². The van der Waals surface area contributed by atoms with Crippen LogP contribution in [0.25, 0.3) is 0 Å². The summed E-state index contributed by atoms with van der Waals surface area (Å²) in [5.74, 6) is -6.52. The number of aliphatic carboxylic acids is 2. The average molecular weight is 318 g/mol. The van der Waals surface area contributed by atoms with Crippen LogP contribution in [0.1, 0.15) is 30.1 Å². The average Bonchev–Trinajstić information content (AvgIpc) is 2.41. The molecule has 0 aliphatic carbocycles. The topological polar surface area (TPSA) is 91.7 Å². The zero-order valence-electron chi connectivity index (χ0n) is 11.5. The number of hydrogen-bond acceptors (Lipinski definition) is 3. The maximum absolute atomic E-state index is 13.0. The molecule has 0 radical (unpaired) electrons. The minimum absolute atomic E-state index is 0.127. The first kappa shape index (κ1) is 19.4. The van der Waals surface area contributed by atoms with Crippen LogP contribution in [0.4, 0.5) is 13.2 Å². The molecule has 5 nitrogen and oxygen atoms in total. The number of carbonyl (C=O) groups is 3. The van der Waals surface area contributed by atoms with Gasteiger partial charge in [-0.15, -0.1) is 0 Å². The molecule has 0 heterocycles. The van der Waals surface area contributed by atoms with Crippen LogP contribution in [-0.2, 0) is 9.59 Å². The van der Waals surface area contributed by atoms with Gasteiger partial charge in [-0.2, -0.15) is 0 Å². The van der Waals surface area contributed by atoms with E-state index in [2.05, 4.69) is 0 Å². The highest BCUT2D eigenvalue weighted by Gasteiger charge is 2.15. The Morgan fingerprint density at radius 1 is 0.955 bits per heavy atom. The molecule has 1 aromatic carbocycles. The maximum atomic E-state index is 13.0. The first-order valence-electron chi connectivity index (χ1n) is 6.00. The van der Waals surface area contributed by atoms with Gasteiger partial charge in [-0.05, 0) is 12.5 Å². The molecule has 0 saturated carbocycles. The Morgan fingerprint density at radius 3 is 1.82 bits per heavy atom. The van der Waals surface area contributed by atoms with Gasteiger partial charge >= 0.3 is 11.9 Å². The van der Waals surface area contributed by atoms with Crippen molar-refractivity contribution in [3.05, 3.63) is 47.3 Å². The van der Waals surface area contributed by atoms with E-state index in [0.717, 1.165) is 0 Å². The summed E-state index contributed by atoms with van der Waals surface area (Å²) < 4.78 is 38.1. The van der Waals surface area contributed by atoms with Crippen molar-refractivity contribution in [1.29, 1.82) is 0 Å². The smallest absolute Gasteiger partial charge is 0.328 e. The number of carboxylic acid groups (broad SMARTS) is 2. The Bertz CT molecular complexity index is 580. The summed E-state index contributed by atoms with van der Waals surface area (Å²) in [4.78, 5) is 30.3. The number of rotatable bonds is 5. The van der Waals surface area contributed by atoms with Crippen LogP contribution >= 0.6 is 0 Å². The third-order valence-electron chi connectivity index (χ3n) is 2.16. The van der Waals surface area contributed by atoms with Gasteiger partial charge in [0.2, 0.25) is 0 Å². The van der Waals surface area contributed by atoms with Crippen LogP contribution < -0.4 is 0 Å². The number of Topliss-reactive ketones (excluding diaryl/α,β-unsaturated/α-hetero) is 1. The third kappa shape index (κ3) is 7.22. The zero-order valence-corrected chi connectivity index (χ0v) is 11.5. The molecule has 0 atom stereocenters. The fourth-order valence-electron chi connectivity index (χ4n) is 1.24. The SMILES string of the molecule is CCCC(=O)c1cc(F)c(F)cc1F.O=C(O)/C=C/C(=O)O. The molecule has 0 aliphatic heterocycles. The van der Waals surface area contributed by atoms with Crippen molar-refractivity contribution < 1.29 is 37.8 Å². The highest BCUT2D eigenvalue weighted by Crippen LogP contribution is 2.15. The molecular weight excluding hydrogens is 305 g/mol. The maximum Gasteiger partial charge on any atom is 0.328 e. The van der Waals surface area contributed by atoms with Crippen molar-refractivity contribution in [2.24, 2.45) is 0 Å². The molecule has 0 fully saturated rings. The van der Waals surface area contributed by atoms with Crippen LogP contribution in [0.2, 0.25) is 0 Å². The van der Waals surface area contributed by atoms with Gasteiger partial charge in [0.1, 0.15) is 5.82 Å². The molecule has 0 saturated heterocycles. The number of carboxylic acids is 2. The largest absolute Gasteiger partial charge is 0.478 e. The first-order chi connectivity index (χ1) is 10.2. The van der Waals surface area contributed by atoms with Crippen molar-refractivity contribution in [2.75, 3.05) is 0 Å². The minimum Gasteiger partial charge on any atom is -0.478 e. The van der Waals surface area contributed by atoms with Crippen LogP contribution in [0, 0.1) is 17.5 Å². The number of hydrogen-bond donors (Lipinski definition) is 2. The Morgan fingerprint density at radius 2 is 1.41 bits per heavy atom. The Hall–Kier alpha value is -2.64. The van der Waals surface area contributed by atoms with Crippen LogP contribution in [0.3, 0.4) is 0 Å². The highest BCUT2D eigenvalue weighted by molar-refractivity contribution is 5.96. The lowest BCUT2D eigenvalue weighted by Gasteiger charge is -2.01. The molecule has 1 aromatic rings. The van der Waals surface area contributed by atoms with E-state index in [1.807, 2.05) is 0 Å². The zero-order chi connectivity index (χ0) is 17.3. The minimum atomic E-state index is -1.28. The van der Waals surface area contributed by atoms with E-state index in [0.29, 0.717) is 30.7 Å². The van der Waals surface area contributed by atoms with E-state index in [9.17, 15) is 27.6 Å². The molecule has 0 bridgehead atoms. The van der Waals surface area contributed by atoms with E-state index in [1.54, 1.807) is 6.92 Å². The molecule has 8 heteroatoms. The summed E-state index contributed by atoms with van der Waals surface area (Å²) in [5.41, 5.74) is -0.384. The molecule has 22 heavy (non-hydrogen) atoms. The molecule has 120 valence electrons. The molecule has 0 spiro atoms. The second kappa shape index (κ2) is 9.32. The summed E-state index contributed by atoms with van der Waals surface area (Å²) in [7, 11) is 0. The van der Waals surface area contributed by atoms with Gasteiger partial charge in [-0.3, -0.25) is 4.79 Å². The Labute approximate surface area is 123 Å². The van der Waals surface area contributed by atoms with Crippen molar-refractivity contribution in [3.63, 3.8) is 0 Å². The molecule has 0 unspecified atom stereocenters. The second-order valence-electron chi connectivity index (χ2n) is 3.93. The van der Waals surface area contributed by atoms with E-state index in [4.69, 9.17) is 10.2 Å². The van der Waals surface area contributed by atoms with Gasteiger partial charge in [0.05, 0.1) is 5.56 Å². The van der Waals surface area contributed by atoms with Crippen LogP contribution in [-0.4, -0.2) is 27.9 Å². The third-order valence-corrected chi connectivity index (χ3v) is 2.16.